The van der Waals surface area contributed by atoms with Gasteiger partial charge in [-0.25, -0.2) is 0 Å². The van der Waals surface area contributed by atoms with Crippen LogP contribution in [0, 0.1) is 0 Å². The van der Waals surface area contributed by atoms with Crippen LogP contribution in [0.15, 0.2) is 18.2 Å². The second-order valence-corrected chi connectivity index (χ2v) is 5.58. The fraction of sp³-hybridized carbons (Fsp3) is 0.533. The standard InChI is InChI=1S/C15H19NO2/c1-16-10-3-6-11-5-2-7-12(13(11)16)15(14(17)18)8-4-9-15/h2,5,7H,3-4,6,8-10H2,1H3,(H,17,18). The molecule has 0 atom stereocenters. The number of anilines is 1. The lowest BCUT2D eigenvalue weighted by atomic mass is 9.63. The lowest BCUT2D eigenvalue weighted by Crippen LogP contribution is -2.44. The summed E-state index contributed by atoms with van der Waals surface area (Å²) in [6, 6.07) is 6.19. The number of carboxylic acids is 1. The van der Waals surface area contributed by atoms with E-state index in [-0.39, 0.29) is 0 Å². The zero-order valence-corrected chi connectivity index (χ0v) is 10.8. The molecule has 0 radical (unpaired) electrons. The van der Waals surface area contributed by atoms with Crippen LogP contribution in [0.3, 0.4) is 0 Å². The first-order chi connectivity index (χ1) is 8.65. The number of aryl methyl sites for hydroxylation is 1. The van der Waals surface area contributed by atoms with Crippen LogP contribution in [0.1, 0.15) is 36.8 Å². The normalized spacial score (nSPS) is 21.1. The van der Waals surface area contributed by atoms with Crippen LogP contribution in [0.2, 0.25) is 0 Å². The molecule has 1 N–H and O–H groups in total. The SMILES string of the molecule is CN1CCCc2cccc(C3(C(=O)O)CCC3)c21. The van der Waals surface area contributed by atoms with E-state index >= 15 is 0 Å². The maximum absolute atomic E-state index is 11.7. The number of aliphatic carboxylic acids is 1. The van der Waals surface area contributed by atoms with Gasteiger partial charge in [-0.05, 0) is 36.8 Å². The molecule has 1 aliphatic carbocycles. The molecule has 1 saturated carbocycles. The van der Waals surface area contributed by atoms with Gasteiger partial charge in [0.25, 0.3) is 0 Å². The largest absolute Gasteiger partial charge is 0.481 e. The summed E-state index contributed by atoms with van der Waals surface area (Å²) in [4.78, 5) is 13.9. The molecule has 1 aromatic carbocycles. The predicted octanol–water partition coefficient (Wildman–Crippen LogP) is 2.58. The van der Waals surface area contributed by atoms with Gasteiger partial charge in [0.1, 0.15) is 0 Å². The van der Waals surface area contributed by atoms with Gasteiger partial charge in [-0.1, -0.05) is 24.6 Å². The van der Waals surface area contributed by atoms with Crippen molar-refractivity contribution in [2.75, 3.05) is 18.5 Å². The molecule has 0 bridgehead atoms. The molecule has 18 heavy (non-hydrogen) atoms. The topological polar surface area (TPSA) is 40.5 Å². The van der Waals surface area contributed by atoms with Crippen LogP contribution in [-0.4, -0.2) is 24.7 Å². The van der Waals surface area contributed by atoms with Gasteiger partial charge < -0.3 is 10.0 Å². The zero-order chi connectivity index (χ0) is 12.8. The molecular formula is C15H19NO2. The molecule has 2 aliphatic rings. The summed E-state index contributed by atoms with van der Waals surface area (Å²) in [5, 5.41) is 9.61. The van der Waals surface area contributed by atoms with Gasteiger partial charge in [0, 0.05) is 19.3 Å². The predicted molar refractivity (Wildman–Crippen MR) is 71.2 cm³/mol. The van der Waals surface area contributed by atoms with Crippen LogP contribution in [0.25, 0.3) is 0 Å². The molecule has 0 saturated heterocycles. The minimum Gasteiger partial charge on any atom is -0.481 e. The second kappa shape index (κ2) is 4.01. The minimum absolute atomic E-state index is 0.614. The fourth-order valence-electron chi connectivity index (χ4n) is 3.38. The van der Waals surface area contributed by atoms with Crippen molar-refractivity contribution in [1.82, 2.24) is 0 Å². The number of hydrogen-bond donors (Lipinski definition) is 1. The average molecular weight is 245 g/mol. The number of nitrogens with zero attached hydrogens (tertiary/aromatic N) is 1. The Kier molecular flexibility index (Phi) is 2.58. The van der Waals surface area contributed by atoms with Gasteiger partial charge in [0.2, 0.25) is 0 Å². The van der Waals surface area contributed by atoms with Gasteiger partial charge >= 0.3 is 5.97 Å². The highest BCUT2D eigenvalue weighted by atomic mass is 16.4. The van der Waals surface area contributed by atoms with E-state index in [1.54, 1.807) is 0 Å². The van der Waals surface area contributed by atoms with Gasteiger partial charge in [-0.15, -0.1) is 0 Å². The van der Waals surface area contributed by atoms with Crippen LogP contribution in [-0.2, 0) is 16.6 Å². The Hall–Kier alpha value is -1.51. The van der Waals surface area contributed by atoms with Crippen LogP contribution < -0.4 is 4.90 Å². The van der Waals surface area contributed by atoms with Crippen LogP contribution in [0.5, 0.6) is 0 Å². The summed E-state index contributed by atoms with van der Waals surface area (Å²) < 4.78 is 0. The molecule has 0 amide bonds. The van der Waals surface area contributed by atoms with E-state index in [1.807, 2.05) is 12.1 Å². The van der Waals surface area contributed by atoms with Crippen molar-refractivity contribution in [2.24, 2.45) is 0 Å². The number of fused-ring (bicyclic) bond motifs is 1. The molecule has 0 aromatic heterocycles. The first kappa shape index (κ1) is 11.6. The number of carbonyl (C=O) groups is 1. The molecule has 3 rings (SSSR count). The minimum atomic E-state index is -0.652. The van der Waals surface area contributed by atoms with Crippen molar-refractivity contribution in [3.8, 4) is 0 Å². The Morgan fingerprint density at radius 3 is 2.72 bits per heavy atom. The Morgan fingerprint density at radius 1 is 1.33 bits per heavy atom. The highest BCUT2D eigenvalue weighted by Crippen LogP contribution is 2.48. The third-order valence-corrected chi connectivity index (χ3v) is 4.57. The molecule has 3 nitrogen and oxygen atoms in total. The van der Waals surface area contributed by atoms with E-state index in [1.165, 1.54) is 11.3 Å². The Balaban J connectivity index is 2.15. The summed E-state index contributed by atoms with van der Waals surface area (Å²) in [7, 11) is 2.08. The quantitative estimate of drug-likeness (QED) is 0.870. The van der Waals surface area contributed by atoms with E-state index in [0.29, 0.717) is 0 Å². The van der Waals surface area contributed by atoms with Gasteiger partial charge in [-0.3, -0.25) is 4.79 Å². The first-order valence-corrected chi connectivity index (χ1v) is 6.72. The smallest absolute Gasteiger partial charge is 0.314 e. The van der Waals surface area contributed by atoms with Crippen LogP contribution in [0.4, 0.5) is 5.69 Å². The molecule has 0 spiro atoms. The van der Waals surface area contributed by atoms with Crippen molar-refractivity contribution in [1.29, 1.82) is 0 Å². The third-order valence-electron chi connectivity index (χ3n) is 4.57. The van der Waals surface area contributed by atoms with E-state index in [2.05, 4.69) is 18.0 Å². The number of benzene rings is 1. The van der Waals surface area contributed by atoms with Crippen molar-refractivity contribution >= 4 is 11.7 Å². The molecule has 3 heteroatoms. The van der Waals surface area contributed by atoms with Gasteiger partial charge in [0.15, 0.2) is 0 Å². The zero-order valence-electron chi connectivity index (χ0n) is 10.8. The molecule has 1 aromatic rings. The lowest BCUT2D eigenvalue weighted by molar-refractivity contribution is -0.147. The van der Waals surface area contributed by atoms with E-state index < -0.39 is 11.4 Å². The highest BCUT2D eigenvalue weighted by Gasteiger charge is 2.48. The van der Waals surface area contributed by atoms with Crippen LogP contribution >= 0.6 is 0 Å². The van der Waals surface area contributed by atoms with E-state index in [9.17, 15) is 9.90 Å². The number of hydrogen-bond acceptors (Lipinski definition) is 2. The monoisotopic (exact) mass is 245 g/mol. The van der Waals surface area contributed by atoms with Crippen molar-refractivity contribution < 1.29 is 9.90 Å². The summed E-state index contributed by atoms with van der Waals surface area (Å²) in [5.74, 6) is -0.652. The average Bonchev–Trinajstić information content (AvgIpc) is 2.27. The molecular weight excluding hydrogens is 226 g/mol. The number of carboxylic acid groups (broad SMARTS) is 1. The van der Waals surface area contributed by atoms with Crippen molar-refractivity contribution in [3.05, 3.63) is 29.3 Å². The van der Waals surface area contributed by atoms with Crippen molar-refractivity contribution in [3.63, 3.8) is 0 Å². The molecule has 1 heterocycles. The Morgan fingerprint density at radius 2 is 2.11 bits per heavy atom. The fourth-order valence-corrected chi connectivity index (χ4v) is 3.38. The summed E-state index contributed by atoms with van der Waals surface area (Å²) in [6.45, 7) is 1.03. The van der Waals surface area contributed by atoms with Crippen molar-refractivity contribution in [2.45, 2.75) is 37.5 Å². The van der Waals surface area contributed by atoms with Gasteiger partial charge in [0.05, 0.1) is 5.41 Å². The molecule has 1 aliphatic heterocycles. The molecule has 0 unspecified atom stereocenters. The Labute approximate surface area is 107 Å². The lowest BCUT2D eigenvalue weighted by Gasteiger charge is -2.42. The number of rotatable bonds is 2. The maximum Gasteiger partial charge on any atom is 0.314 e. The molecule has 96 valence electrons. The summed E-state index contributed by atoms with van der Waals surface area (Å²) in [6.07, 6.45) is 4.83. The second-order valence-electron chi connectivity index (χ2n) is 5.58. The number of para-hydroxylation sites is 1. The van der Waals surface area contributed by atoms with Gasteiger partial charge in [-0.2, -0.15) is 0 Å². The first-order valence-electron chi connectivity index (χ1n) is 6.72. The third kappa shape index (κ3) is 1.46. The Bertz CT molecular complexity index is 491. The van der Waals surface area contributed by atoms with E-state index in [4.69, 9.17) is 0 Å². The highest BCUT2D eigenvalue weighted by molar-refractivity contribution is 5.86. The summed E-state index contributed by atoms with van der Waals surface area (Å²) >= 11 is 0. The van der Waals surface area contributed by atoms with E-state index in [0.717, 1.165) is 44.2 Å². The summed E-state index contributed by atoms with van der Waals surface area (Å²) in [5.41, 5.74) is 2.93. The maximum atomic E-state index is 11.7. The molecule has 1 fully saturated rings.